The molecule has 0 atom stereocenters. The normalized spacial score (nSPS) is 10.3. The molecule has 0 fully saturated rings. The monoisotopic (exact) mass is 272 g/mol. The fraction of sp³-hybridized carbons (Fsp3) is 0.200. The summed E-state index contributed by atoms with van der Waals surface area (Å²) < 4.78 is 0. The van der Waals surface area contributed by atoms with Crippen molar-refractivity contribution in [1.82, 2.24) is 4.98 Å². The Kier molecular flexibility index (Phi) is 4.22. The Morgan fingerprint density at radius 3 is 2.47 bits per heavy atom. The molecule has 19 heavy (non-hydrogen) atoms. The summed E-state index contributed by atoms with van der Waals surface area (Å²) in [6.07, 6.45) is 0.349. The summed E-state index contributed by atoms with van der Waals surface area (Å²) >= 11 is 4.22. The maximum atomic E-state index is 11.9. The molecule has 2 rings (SSSR count). The number of nitrogens with one attached hydrogen (secondary N) is 1. The number of nitrogens with zero attached hydrogens (tertiary/aromatic N) is 1. The number of amides is 1. The van der Waals surface area contributed by atoms with Crippen molar-refractivity contribution in [2.45, 2.75) is 25.2 Å². The SMILES string of the molecule is Cc1ccc(NC(=O)Cc2ccc(S)cc2)c(C)n1. The number of rotatable bonds is 3. The summed E-state index contributed by atoms with van der Waals surface area (Å²) in [5, 5.41) is 2.88. The van der Waals surface area contributed by atoms with Crippen molar-refractivity contribution in [3.05, 3.63) is 53.3 Å². The van der Waals surface area contributed by atoms with Gasteiger partial charge in [-0.3, -0.25) is 9.78 Å². The molecule has 3 nitrogen and oxygen atoms in total. The molecular formula is C15H16N2OS. The molecule has 0 aliphatic rings. The number of aryl methyl sites for hydroxylation is 2. The number of pyridine rings is 1. The minimum Gasteiger partial charge on any atom is -0.324 e. The zero-order chi connectivity index (χ0) is 13.8. The highest BCUT2D eigenvalue weighted by Gasteiger charge is 2.06. The average Bonchev–Trinajstić information content (AvgIpc) is 2.36. The molecule has 0 aliphatic heterocycles. The minimum absolute atomic E-state index is 0.0410. The van der Waals surface area contributed by atoms with Gasteiger partial charge in [0.2, 0.25) is 5.91 Å². The minimum atomic E-state index is -0.0410. The van der Waals surface area contributed by atoms with Gasteiger partial charge >= 0.3 is 0 Å². The summed E-state index contributed by atoms with van der Waals surface area (Å²) in [6.45, 7) is 3.82. The number of carbonyl (C=O) groups excluding carboxylic acids is 1. The molecule has 1 N–H and O–H groups in total. The van der Waals surface area contributed by atoms with Gasteiger partial charge in [0, 0.05) is 10.6 Å². The van der Waals surface area contributed by atoms with Crippen LogP contribution in [0.4, 0.5) is 5.69 Å². The van der Waals surface area contributed by atoms with Crippen LogP contribution in [0.25, 0.3) is 0 Å². The molecule has 0 saturated heterocycles. The Morgan fingerprint density at radius 2 is 1.84 bits per heavy atom. The summed E-state index contributed by atoms with van der Waals surface area (Å²) in [5.41, 5.74) is 3.51. The van der Waals surface area contributed by atoms with Gasteiger partial charge in [-0.1, -0.05) is 12.1 Å². The zero-order valence-corrected chi connectivity index (χ0v) is 11.9. The Bertz CT molecular complexity index is 594. The van der Waals surface area contributed by atoms with Gasteiger partial charge in [-0.2, -0.15) is 0 Å². The first-order chi connectivity index (χ1) is 9.04. The van der Waals surface area contributed by atoms with E-state index in [1.54, 1.807) is 0 Å². The first-order valence-electron chi connectivity index (χ1n) is 6.06. The highest BCUT2D eigenvalue weighted by atomic mass is 32.1. The molecule has 98 valence electrons. The molecular weight excluding hydrogens is 256 g/mol. The van der Waals surface area contributed by atoms with Crippen LogP contribution in [0.15, 0.2) is 41.3 Å². The van der Waals surface area contributed by atoms with E-state index < -0.39 is 0 Å². The average molecular weight is 272 g/mol. The second-order valence-corrected chi connectivity index (χ2v) is 4.99. The summed E-state index contributed by atoms with van der Waals surface area (Å²) in [4.78, 5) is 17.2. The van der Waals surface area contributed by atoms with E-state index in [9.17, 15) is 4.79 Å². The van der Waals surface area contributed by atoms with Crippen molar-refractivity contribution in [1.29, 1.82) is 0 Å². The van der Waals surface area contributed by atoms with Crippen LogP contribution in [0.3, 0.4) is 0 Å². The fourth-order valence-electron chi connectivity index (χ4n) is 1.81. The van der Waals surface area contributed by atoms with Gasteiger partial charge in [0.15, 0.2) is 0 Å². The molecule has 0 aliphatic carbocycles. The highest BCUT2D eigenvalue weighted by Crippen LogP contribution is 2.14. The summed E-state index contributed by atoms with van der Waals surface area (Å²) in [7, 11) is 0. The second-order valence-electron chi connectivity index (χ2n) is 4.48. The van der Waals surface area contributed by atoms with E-state index >= 15 is 0 Å². The third kappa shape index (κ3) is 3.83. The lowest BCUT2D eigenvalue weighted by Crippen LogP contribution is -2.15. The largest absolute Gasteiger partial charge is 0.324 e. The molecule has 0 radical (unpaired) electrons. The smallest absolute Gasteiger partial charge is 0.228 e. The lowest BCUT2D eigenvalue weighted by atomic mass is 10.1. The molecule has 4 heteroatoms. The summed E-state index contributed by atoms with van der Waals surface area (Å²) in [6, 6.07) is 11.3. The molecule has 1 aromatic carbocycles. The van der Waals surface area contributed by atoms with E-state index in [1.807, 2.05) is 50.2 Å². The number of aromatic nitrogens is 1. The van der Waals surface area contributed by atoms with Crippen LogP contribution >= 0.6 is 12.6 Å². The standard InChI is InChI=1S/C15H16N2OS/c1-10-3-8-14(11(2)16-10)17-15(18)9-12-4-6-13(19)7-5-12/h3-8,19H,9H2,1-2H3,(H,17,18). The van der Waals surface area contributed by atoms with Crippen molar-refractivity contribution in [3.63, 3.8) is 0 Å². The van der Waals surface area contributed by atoms with Gasteiger partial charge < -0.3 is 5.32 Å². The van der Waals surface area contributed by atoms with E-state index in [-0.39, 0.29) is 5.91 Å². The summed E-state index contributed by atoms with van der Waals surface area (Å²) in [5.74, 6) is -0.0410. The maximum Gasteiger partial charge on any atom is 0.228 e. The van der Waals surface area contributed by atoms with Crippen LogP contribution in [0.1, 0.15) is 17.0 Å². The van der Waals surface area contributed by atoms with Crippen LogP contribution in [-0.4, -0.2) is 10.9 Å². The number of hydrogen-bond acceptors (Lipinski definition) is 3. The predicted molar refractivity (Wildman–Crippen MR) is 79.7 cm³/mol. The third-order valence-electron chi connectivity index (χ3n) is 2.80. The molecule has 0 spiro atoms. The van der Waals surface area contributed by atoms with Crippen LogP contribution in [0.2, 0.25) is 0 Å². The number of anilines is 1. The lowest BCUT2D eigenvalue weighted by molar-refractivity contribution is -0.115. The quantitative estimate of drug-likeness (QED) is 0.843. The van der Waals surface area contributed by atoms with Crippen molar-refractivity contribution < 1.29 is 4.79 Å². The molecule has 2 aromatic rings. The molecule has 1 amide bonds. The van der Waals surface area contributed by atoms with Crippen molar-refractivity contribution >= 4 is 24.2 Å². The number of thiol groups is 1. The lowest BCUT2D eigenvalue weighted by Gasteiger charge is -2.08. The molecule has 1 aromatic heterocycles. The van der Waals surface area contributed by atoms with Crippen molar-refractivity contribution in [2.75, 3.05) is 5.32 Å². The molecule has 1 heterocycles. The van der Waals surface area contributed by atoms with Crippen LogP contribution in [0, 0.1) is 13.8 Å². The van der Waals surface area contributed by atoms with Crippen molar-refractivity contribution in [2.24, 2.45) is 0 Å². The highest BCUT2D eigenvalue weighted by molar-refractivity contribution is 7.80. The van der Waals surface area contributed by atoms with E-state index in [2.05, 4.69) is 22.9 Å². The molecule has 0 unspecified atom stereocenters. The van der Waals surface area contributed by atoms with E-state index in [1.165, 1.54) is 0 Å². The fourth-order valence-corrected chi connectivity index (χ4v) is 1.96. The van der Waals surface area contributed by atoms with Crippen LogP contribution in [0.5, 0.6) is 0 Å². The Morgan fingerprint density at radius 1 is 1.16 bits per heavy atom. The van der Waals surface area contributed by atoms with Gasteiger partial charge in [-0.25, -0.2) is 0 Å². The van der Waals surface area contributed by atoms with Crippen LogP contribution in [-0.2, 0) is 11.2 Å². The Balaban J connectivity index is 2.03. The zero-order valence-electron chi connectivity index (χ0n) is 11.0. The topological polar surface area (TPSA) is 42.0 Å². The van der Waals surface area contributed by atoms with Crippen LogP contribution < -0.4 is 5.32 Å². The Hall–Kier alpha value is -1.81. The first kappa shape index (κ1) is 13.6. The van der Waals surface area contributed by atoms with E-state index in [0.717, 1.165) is 27.5 Å². The molecule has 0 bridgehead atoms. The maximum absolute atomic E-state index is 11.9. The van der Waals surface area contributed by atoms with Gasteiger partial charge in [0.25, 0.3) is 0 Å². The van der Waals surface area contributed by atoms with Crippen molar-refractivity contribution in [3.8, 4) is 0 Å². The molecule has 0 saturated carbocycles. The van der Waals surface area contributed by atoms with E-state index in [4.69, 9.17) is 0 Å². The number of benzene rings is 1. The Labute approximate surface area is 118 Å². The third-order valence-corrected chi connectivity index (χ3v) is 3.10. The van der Waals surface area contributed by atoms with Gasteiger partial charge in [-0.15, -0.1) is 12.6 Å². The van der Waals surface area contributed by atoms with E-state index in [0.29, 0.717) is 6.42 Å². The van der Waals surface area contributed by atoms with Gasteiger partial charge in [0.1, 0.15) is 0 Å². The van der Waals surface area contributed by atoms with Gasteiger partial charge in [0.05, 0.1) is 17.8 Å². The predicted octanol–water partition coefficient (Wildman–Crippen LogP) is 3.17. The second kappa shape index (κ2) is 5.89. The number of carbonyl (C=O) groups is 1. The number of hydrogen-bond donors (Lipinski definition) is 2. The first-order valence-corrected chi connectivity index (χ1v) is 6.51. The van der Waals surface area contributed by atoms with Gasteiger partial charge in [-0.05, 0) is 43.7 Å².